The van der Waals surface area contributed by atoms with E-state index in [1.54, 1.807) is 0 Å². The maximum atomic E-state index is 12.0. The van der Waals surface area contributed by atoms with E-state index in [0.717, 1.165) is 18.3 Å². The minimum absolute atomic E-state index is 0.126. The number of carbonyl (C=O) groups excluding carboxylic acids is 2. The summed E-state index contributed by atoms with van der Waals surface area (Å²) >= 11 is 5.70. The Hall–Kier alpha value is -3.13. The number of para-hydroxylation sites is 1. The van der Waals surface area contributed by atoms with Crippen LogP contribution in [0, 0.1) is 10.1 Å². The minimum Gasteiger partial charge on any atom is -0.452 e. The monoisotopic (exact) mass is 405 g/mol. The van der Waals surface area contributed by atoms with Gasteiger partial charge in [-0.15, -0.1) is 0 Å². The number of nitro benzene ring substituents is 1. The summed E-state index contributed by atoms with van der Waals surface area (Å²) in [6.45, 7) is 0.628. The van der Waals surface area contributed by atoms with Crippen LogP contribution >= 0.6 is 11.6 Å². The molecule has 0 fully saturated rings. The lowest BCUT2D eigenvalue weighted by Gasteiger charge is -2.19. The van der Waals surface area contributed by atoms with Gasteiger partial charge in [0, 0.05) is 36.9 Å². The number of hydrogen-bond donors (Lipinski definition) is 1. The topological polar surface area (TPSA) is 102 Å². The van der Waals surface area contributed by atoms with Crippen LogP contribution in [0.15, 0.2) is 48.5 Å². The summed E-state index contributed by atoms with van der Waals surface area (Å²) in [4.78, 5) is 36.2. The van der Waals surface area contributed by atoms with Gasteiger partial charge in [-0.25, -0.2) is 4.79 Å². The summed E-state index contributed by atoms with van der Waals surface area (Å²) in [5.41, 5.74) is 0.348. The van der Waals surface area contributed by atoms with Crippen LogP contribution in [-0.2, 0) is 9.53 Å². The number of benzene rings is 2. The third-order valence-corrected chi connectivity index (χ3v) is 4.14. The second-order valence-corrected chi connectivity index (χ2v) is 6.39. The summed E-state index contributed by atoms with van der Waals surface area (Å²) in [6.07, 6.45) is 0.702. The van der Waals surface area contributed by atoms with Crippen LogP contribution in [0.25, 0.3) is 0 Å². The predicted molar refractivity (Wildman–Crippen MR) is 106 cm³/mol. The van der Waals surface area contributed by atoms with Gasteiger partial charge in [0.25, 0.3) is 11.6 Å². The van der Waals surface area contributed by atoms with E-state index in [4.69, 9.17) is 16.3 Å². The van der Waals surface area contributed by atoms with Crippen molar-refractivity contribution < 1.29 is 19.2 Å². The van der Waals surface area contributed by atoms with Gasteiger partial charge in [0.15, 0.2) is 6.61 Å². The van der Waals surface area contributed by atoms with Crippen LogP contribution < -0.4 is 10.2 Å². The normalized spacial score (nSPS) is 10.2. The number of carbonyl (C=O) groups is 2. The molecule has 0 atom stereocenters. The van der Waals surface area contributed by atoms with Crippen molar-refractivity contribution in [2.24, 2.45) is 0 Å². The summed E-state index contributed by atoms with van der Waals surface area (Å²) in [5.74, 6) is -1.44. The van der Waals surface area contributed by atoms with Crippen molar-refractivity contribution in [1.29, 1.82) is 0 Å². The molecule has 0 bridgehead atoms. The summed E-state index contributed by atoms with van der Waals surface area (Å²) in [7, 11) is 1.96. The van der Waals surface area contributed by atoms with Crippen molar-refractivity contribution >= 4 is 34.9 Å². The van der Waals surface area contributed by atoms with Crippen molar-refractivity contribution in [2.45, 2.75) is 6.42 Å². The van der Waals surface area contributed by atoms with Crippen LogP contribution in [0.5, 0.6) is 0 Å². The van der Waals surface area contributed by atoms with Crippen LogP contribution in [0.4, 0.5) is 11.4 Å². The Balaban J connectivity index is 1.74. The highest BCUT2D eigenvalue weighted by atomic mass is 35.5. The molecule has 0 aliphatic heterocycles. The van der Waals surface area contributed by atoms with Crippen LogP contribution in [0.3, 0.4) is 0 Å². The van der Waals surface area contributed by atoms with Crippen LogP contribution in [-0.4, -0.2) is 43.5 Å². The quantitative estimate of drug-likeness (QED) is 0.298. The van der Waals surface area contributed by atoms with Gasteiger partial charge >= 0.3 is 5.97 Å². The number of nitrogens with zero attached hydrogens (tertiary/aromatic N) is 2. The first-order valence-electron chi connectivity index (χ1n) is 8.52. The van der Waals surface area contributed by atoms with Gasteiger partial charge in [-0.1, -0.05) is 29.8 Å². The van der Waals surface area contributed by atoms with Crippen molar-refractivity contribution in [2.75, 3.05) is 31.6 Å². The SMILES string of the molecule is CN(CCCNC(=O)COC(=O)c1ccc(Cl)cc1[N+](=O)[O-])c1ccccc1. The number of nitro groups is 1. The molecule has 8 nitrogen and oxygen atoms in total. The Morgan fingerprint density at radius 2 is 1.93 bits per heavy atom. The standard InChI is InChI=1S/C19H20ClN3O5/c1-22(15-6-3-2-4-7-15)11-5-10-21-18(24)13-28-19(25)16-9-8-14(20)12-17(16)23(26)27/h2-4,6-9,12H,5,10-11,13H2,1H3,(H,21,24). The molecule has 2 aromatic rings. The van der Waals surface area contributed by atoms with Gasteiger partial charge < -0.3 is 15.0 Å². The van der Waals surface area contributed by atoms with Gasteiger partial charge in [-0.05, 0) is 30.7 Å². The van der Waals surface area contributed by atoms with Gasteiger partial charge in [0.2, 0.25) is 0 Å². The molecule has 0 spiro atoms. The van der Waals surface area contributed by atoms with Gasteiger partial charge in [-0.2, -0.15) is 0 Å². The summed E-state index contributed by atoms with van der Waals surface area (Å²) in [5, 5.41) is 13.8. The minimum atomic E-state index is -0.956. The number of rotatable bonds is 9. The molecule has 0 saturated carbocycles. The Bertz CT molecular complexity index is 845. The van der Waals surface area contributed by atoms with Gasteiger partial charge in [-0.3, -0.25) is 14.9 Å². The van der Waals surface area contributed by atoms with Crippen molar-refractivity contribution in [3.63, 3.8) is 0 Å². The largest absolute Gasteiger partial charge is 0.452 e. The first-order valence-corrected chi connectivity index (χ1v) is 8.90. The average Bonchev–Trinajstić information content (AvgIpc) is 2.69. The Morgan fingerprint density at radius 3 is 2.61 bits per heavy atom. The Labute approximate surface area is 167 Å². The average molecular weight is 406 g/mol. The molecular weight excluding hydrogens is 386 g/mol. The van der Waals surface area contributed by atoms with E-state index in [0.29, 0.717) is 13.0 Å². The molecule has 28 heavy (non-hydrogen) atoms. The molecule has 1 amide bonds. The zero-order valence-corrected chi connectivity index (χ0v) is 16.0. The fourth-order valence-electron chi connectivity index (χ4n) is 2.44. The molecule has 0 unspecified atom stereocenters. The van der Waals surface area contributed by atoms with Crippen molar-refractivity contribution in [3.8, 4) is 0 Å². The Morgan fingerprint density at radius 1 is 1.21 bits per heavy atom. The Kier molecular flexibility index (Phi) is 7.76. The number of esters is 1. The number of ether oxygens (including phenoxy) is 1. The third-order valence-electron chi connectivity index (χ3n) is 3.90. The highest BCUT2D eigenvalue weighted by Gasteiger charge is 2.22. The second kappa shape index (κ2) is 10.3. The molecule has 0 saturated heterocycles. The van der Waals surface area contributed by atoms with Crippen molar-refractivity contribution in [1.82, 2.24) is 5.32 Å². The highest BCUT2D eigenvalue weighted by Crippen LogP contribution is 2.23. The van der Waals surface area contributed by atoms with Crippen LogP contribution in [0.2, 0.25) is 5.02 Å². The second-order valence-electron chi connectivity index (χ2n) is 5.96. The van der Waals surface area contributed by atoms with E-state index in [1.807, 2.05) is 37.4 Å². The molecular formula is C19H20ClN3O5. The number of nitrogens with one attached hydrogen (secondary N) is 1. The highest BCUT2D eigenvalue weighted by molar-refractivity contribution is 6.31. The zero-order chi connectivity index (χ0) is 20.5. The smallest absolute Gasteiger partial charge is 0.345 e. The first kappa shape index (κ1) is 21.2. The molecule has 1 N–H and O–H groups in total. The number of anilines is 1. The maximum Gasteiger partial charge on any atom is 0.345 e. The molecule has 0 aliphatic rings. The molecule has 0 radical (unpaired) electrons. The fourth-order valence-corrected chi connectivity index (χ4v) is 2.61. The third kappa shape index (κ3) is 6.24. The molecule has 0 aromatic heterocycles. The van der Waals surface area contributed by atoms with Crippen molar-refractivity contribution in [3.05, 3.63) is 69.2 Å². The molecule has 148 valence electrons. The first-order chi connectivity index (χ1) is 13.4. The lowest BCUT2D eigenvalue weighted by atomic mass is 10.2. The number of amides is 1. The molecule has 2 rings (SSSR count). The van der Waals surface area contributed by atoms with Gasteiger partial charge in [0.05, 0.1) is 4.92 Å². The van der Waals surface area contributed by atoms with E-state index in [9.17, 15) is 19.7 Å². The summed E-state index contributed by atoms with van der Waals surface area (Å²) < 4.78 is 4.86. The molecule has 0 aliphatic carbocycles. The summed E-state index contributed by atoms with van der Waals surface area (Å²) in [6, 6.07) is 13.4. The fraction of sp³-hybridized carbons (Fsp3) is 0.263. The molecule has 2 aromatic carbocycles. The number of hydrogen-bond acceptors (Lipinski definition) is 6. The van der Waals surface area contributed by atoms with E-state index in [2.05, 4.69) is 10.2 Å². The zero-order valence-electron chi connectivity index (χ0n) is 15.3. The van der Waals surface area contributed by atoms with E-state index < -0.39 is 29.1 Å². The van der Waals surface area contributed by atoms with Gasteiger partial charge in [0.1, 0.15) is 5.56 Å². The van der Waals surface area contributed by atoms with E-state index >= 15 is 0 Å². The lowest BCUT2D eigenvalue weighted by Crippen LogP contribution is -2.31. The molecule has 9 heteroatoms. The van der Waals surface area contributed by atoms with Crippen LogP contribution in [0.1, 0.15) is 16.8 Å². The lowest BCUT2D eigenvalue weighted by molar-refractivity contribution is -0.385. The van der Waals surface area contributed by atoms with E-state index in [1.165, 1.54) is 12.1 Å². The number of halogens is 1. The van der Waals surface area contributed by atoms with E-state index in [-0.39, 0.29) is 10.6 Å². The maximum absolute atomic E-state index is 12.0. The molecule has 0 heterocycles. The predicted octanol–water partition coefficient (Wildman–Crippen LogP) is 3.05.